The van der Waals surface area contributed by atoms with Crippen molar-refractivity contribution in [3.8, 4) is 0 Å². The second-order valence-corrected chi connectivity index (χ2v) is 10.4. The minimum atomic E-state index is 0.192. The van der Waals surface area contributed by atoms with Gasteiger partial charge >= 0.3 is 0 Å². The van der Waals surface area contributed by atoms with E-state index < -0.39 is 0 Å². The first-order valence-electron chi connectivity index (χ1n) is 12.7. The van der Waals surface area contributed by atoms with Gasteiger partial charge in [-0.25, -0.2) is 0 Å². The van der Waals surface area contributed by atoms with Gasteiger partial charge in [-0.3, -0.25) is 4.79 Å². The molecule has 3 aromatic rings. The fraction of sp³-hybridized carbons (Fsp3) is 0.433. The predicted octanol–water partition coefficient (Wildman–Crippen LogP) is 6.40. The number of hydrogen-bond acceptors (Lipinski definition) is 4. The Morgan fingerprint density at radius 3 is 2.34 bits per heavy atom. The molecule has 4 nitrogen and oxygen atoms in total. The van der Waals surface area contributed by atoms with E-state index in [-0.39, 0.29) is 5.91 Å². The van der Waals surface area contributed by atoms with Gasteiger partial charge < -0.3 is 14.0 Å². The first-order chi connectivity index (χ1) is 17.1. The predicted molar refractivity (Wildman–Crippen MR) is 148 cm³/mol. The zero-order valence-electron chi connectivity index (χ0n) is 21.3. The van der Waals surface area contributed by atoms with E-state index >= 15 is 0 Å². The Bertz CT molecular complexity index is 1090. The molecule has 0 spiro atoms. The minimum Gasteiger partial charge on any atom is -0.338 e. The summed E-state index contributed by atoms with van der Waals surface area (Å²) in [6.45, 7) is 7.40. The number of carbonyl (C=O) groups is 1. The van der Waals surface area contributed by atoms with Crippen LogP contribution in [-0.4, -0.2) is 61.8 Å². The van der Waals surface area contributed by atoms with Crippen LogP contribution in [0.15, 0.2) is 66.7 Å². The van der Waals surface area contributed by atoms with Gasteiger partial charge in [0.2, 0.25) is 0 Å². The molecule has 0 radical (unpaired) electrons. The van der Waals surface area contributed by atoms with Gasteiger partial charge in [0.1, 0.15) is 0 Å². The minimum absolute atomic E-state index is 0.192. The summed E-state index contributed by atoms with van der Waals surface area (Å²) in [6.07, 6.45) is 5.48. The molecular formula is C30H38N2O2S. The average Bonchev–Trinajstić information content (AvgIpc) is 3.37. The molecule has 2 saturated heterocycles. The van der Waals surface area contributed by atoms with Crippen molar-refractivity contribution in [1.82, 2.24) is 9.80 Å². The molecule has 5 heteroatoms. The SMILES string of the molecule is COSC.Cc1ccc(C2CCN(C[C@H]3CCN(C(=O)c4cccc5ccccc45)C3)CC2)cc1. The van der Waals surface area contributed by atoms with Crippen LogP contribution in [0.25, 0.3) is 10.8 Å². The largest absolute Gasteiger partial charge is 0.338 e. The molecule has 35 heavy (non-hydrogen) atoms. The van der Waals surface area contributed by atoms with Crippen LogP contribution in [0.3, 0.4) is 0 Å². The van der Waals surface area contributed by atoms with Gasteiger partial charge in [0.05, 0.1) is 7.11 Å². The number of fused-ring (bicyclic) bond motifs is 1. The highest BCUT2D eigenvalue weighted by Gasteiger charge is 2.30. The van der Waals surface area contributed by atoms with E-state index in [2.05, 4.69) is 63.4 Å². The van der Waals surface area contributed by atoms with E-state index in [9.17, 15) is 4.79 Å². The third kappa shape index (κ3) is 6.66. The molecule has 0 bridgehead atoms. The van der Waals surface area contributed by atoms with Crippen molar-refractivity contribution in [2.24, 2.45) is 5.92 Å². The Balaban J connectivity index is 0.000000672. The van der Waals surface area contributed by atoms with Crippen LogP contribution in [0, 0.1) is 12.8 Å². The average molecular weight is 491 g/mol. The molecule has 2 aliphatic heterocycles. The number of aryl methyl sites for hydroxylation is 1. The van der Waals surface area contributed by atoms with Crippen molar-refractivity contribution < 1.29 is 8.98 Å². The monoisotopic (exact) mass is 490 g/mol. The maximum atomic E-state index is 13.2. The standard InChI is InChI=1S/C28H32N2O.C2H6OS/c1-21-9-11-23(12-10-21)24-14-16-29(17-15-24)19-22-13-18-30(20-22)28(31)27-8-4-6-25-5-2-3-7-26(25)27;1-3-4-2/h2-12,22,24H,13-20H2,1H3;1-2H3/t22-;/m1./s1. The van der Waals surface area contributed by atoms with E-state index in [1.807, 2.05) is 30.5 Å². The van der Waals surface area contributed by atoms with Crippen LogP contribution in [0.5, 0.6) is 0 Å². The van der Waals surface area contributed by atoms with Crippen molar-refractivity contribution in [2.45, 2.75) is 32.1 Å². The summed E-state index contributed by atoms with van der Waals surface area (Å²) in [6, 6.07) is 23.4. The normalized spacial score (nSPS) is 18.9. The smallest absolute Gasteiger partial charge is 0.254 e. The number of amides is 1. The van der Waals surface area contributed by atoms with Gasteiger partial charge in [0, 0.05) is 31.5 Å². The highest BCUT2D eigenvalue weighted by Crippen LogP contribution is 2.30. The molecule has 0 unspecified atom stereocenters. The lowest BCUT2D eigenvalue weighted by Crippen LogP contribution is -2.37. The molecule has 2 aliphatic rings. The summed E-state index contributed by atoms with van der Waals surface area (Å²) in [4.78, 5) is 17.9. The molecular weight excluding hydrogens is 452 g/mol. The van der Waals surface area contributed by atoms with Crippen molar-refractivity contribution in [2.75, 3.05) is 46.1 Å². The molecule has 186 valence electrons. The Morgan fingerprint density at radius 2 is 1.63 bits per heavy atom. The molecule has 0 aliphatic carbocycles. The van der Waals surface area contributed by atoms with E-state index in [1.54, 1.807) is 7.11 Å². The molecule has 1 atom stereocenters. The van der Waals surface area contributed by atoms with Gasteiger partial charge in [-0.05, 0) is 85.6 Å². The molecule has 5 rings (SSSR count). The van der Waals surface area contributed by atoms with Crippen LogP contribution < -0.4 is 0 Å². The maximum Gasteiger partial charge on any atom is 0.254 e. The number of nitrogens with zero attached hydrogens (tertiary/aromatic N) is 2. The number of piperidine rings is 1. The number of carbonyl (C=O) groups excluding carboxylic acids is 1. The van der Waals surface area contributed by atoms with Crippen molar-refractivity contribution in [3.63, 3.8) is 0 Å². The fourth-order valence-corrected chi connectivity index (χ4v) is 5.40. The number of benzene rings is 3. The Hall–Kier alpha value is -2.34. The third-order valence-corrected chi connectivity index (χ3v) is 7.75. The Labute approximate surface area is 214 Å². The van der Waals surface area contributed by atoms with E-state index in [4.69, 9.17) is 0 Å². The number of hydrogen-bond donors (Lipinski definition) is 0. The number of rotatable bonds is 5. The Kier molecular flexibility index (Phi) is 9.25. The summed E-state index contributed by atoms with van der Waals surface area (Å²) in [5.74, 6) is 1.48. The summed E-state index contributed by atoms with van der Waals surface area (Å²) in [7, 11) is 1.64. The molecule has 3 aromatic carbocycles. The first kappa shape index (κ1) is 25.7. The van der Waals surface area contributed by atoms with Crippen LogP contribution in [0.1, 0.15) is 46.7 Å². The molecule has 0 aromatic heterocycles. The van der Waals surface area contributed by atoms with Crippen LogP contribution in [0.2, 0.25) is 0 Å². The molecule has 2 heterocycles. The van der Waals surface area contributed by atoms with Crippen LogP contribution in [0.4, 0.5) is 0 Å². The van der Waals surface area contributed by atoms with Gasteiger partial charge in [-0.2, -0.15) is 0 Å². The highest BCUT2D eigenvalue weighted by molar-refractivity contribution is 7.93. The second-order valence-electron chi connectivity index (χ2n) is 9.75. The van der Waals surface area contributed by atoms with Gasteiger partial charge in [0.15, 0.2) is 0 Å². The highest BCUT2D eigenvalue weighted by atomic mass is 32.2. The number of likely N-dealkylation sites (tertiary alicyclic amines) is 2. The van der Waals surface area contributed by atoms with Crippen molar-refractivity contribution in [3.05, 3.63) is 83.4 Å². The summed E-state index contributed by atoms with van der Waals surface area (Å²) in [5.41, 5.74) is 3.68. The van der Waals surface area contributed by atoms with Gasteiger partial charge in [-0.15, -0.1) is 0 Å². The first-order valence-corrected chi connectivity index (χ1v) is 13.9. The molecule has 1 amide bonds. The molecule has 0 N–H and O–H groups in total. The molecule has 2 fully saturated rings. The summed E-state index contributed by atoms with van der Waals surface area (Å²) >= 11 is 1.36. The van der Waals surface area contributed by atoms with Crippen molar-refractivity contribution in [1.29, 1.82) is 0 Å². The van der Waals surface area contributed by atoms with Crippen molar-refractivity contribution >= 4 is 28.7 Å². The zero-order chi connectivity index (χ0) is 24.6. The molecule has 0 saturated carbocycles. The van der Waals surface area contributed by atoms with Gasteiger partial charge in [-0.1, -0.05) is 66.2 Å². The van der Waals surface area contributed by atoms with Crippen LogP contribution >= 0.6 is 12.0 Å². The van der Waals surface area contributed by atoms with E-state index in [0.717, 1.165) is 42.4 Å². The Morgan fingerprint density at radius 1 is 0.943 bits per heavy atom. The summed E-state index contributed by atoms with van der Waals surface area (Å²) in [5, 5.41) is 2.21. The lowest BCUT2D eigenvalue weighted by atomic mass is 9.88. The van der Waals surface area contributed by atoms with E-state index in [0.29, 0.717) is 11.8 Å². The lowest BCUT2D eigenvalue weighted by Gasteiger charge is -2.33. The van der Waals surface area contributed by atoms with E-state index in [1.165, 1.54) is 49.1 Å². The quantitative estimate of drug-likeness (QED) is 0.387. The van der Waals surface area contributed by atoms with Gasteiger partial charge in [0.25, 0.3) is 5.91 Å². The van der Waals surface area contributed by atoms with Crippen LogP contribution in [-0.2, 0) is 4.18 Å². The topological polar surface area (TPSA) is 32.8 Å². The zero-order valence-corrected chi connectivity index (χ0v) is 22.1. The lowest BCUT2D eigenvalue weighted by molar-refractivity contribution is 0.0784. The fourth-order valence-electron chi connectivity index (χ4n) is 5.40. The maximum absolute atomic E-state index is 13.2. The summed E-state index contributed by atoms with van der Waals surface area (Å²) < 4.78 is 4.46. The third-order valence-electron chi connectivity index (χ3n) is 7.41. The second kappa shape index (κ2) is 12.6.